The highest BCUT2D eigenvalue weighted by Crippen LogP contribution is 2.22. The smallest absolute Gasteiger partial charge is 0.264 e. The Morgan fingerprint density at radius 1 is 1.12 bits per heavy atom. The second kappa shape index (κ2) is 8.33. The lowest BCUT2D eigenvalue weighted by molar-refractivity contribution is 0.0953. The molecule has 140 valence electrons. The second-order valence-corrected chi connectivity index (χ2v) is 8.32. The summed E-state index contributed by atoms with van der Waals surface area (Å²) in [6.45, 7) is 4.28. The minimum Gasteiger partial charge on any atom is -0.352 e. The first kappa shape index (κ1) is 19.9. The Morgan fingerprint density at radius 3 is 2.23 bits per heavy atom. The van der Waals surface area contributed by atoms with Gasteiger partial charge in [-0.2, -0.15) is 0 Å². The van der Waals surface area contributed by atoms with Crippen LogP contribution in [-0.2, 0) is 10.0 Å². The van der Waals surface area contributed by atoms with Gasteiger partial charge in [-0.1, -0.05) is 17.7 Å². The lowest BCUT2D eigenvalue weighted by Gasteiger charge is -2.20. The van der Waals surface area contributed by atoms with E-state index in [1.165, 1.54) is 11.4 Å². The Labute approximate surface area is 155 Å². The lowest BCUT2D eigenvalue weighted by Crippen LogP contribution is -2.29. The van der Waals surface area contributed by atoms with Crippen LogP contribution in [0.15, 0.2) is 53.4 Å². The van der Waals surface area contributed by atoms with Crippen molar-refractivity contribution in [2.75, 3.05) is 17.9 Å². The van der Waals surface area contributed by atoms with Crippen molar-refractivity contribution in [1.82, 2.24) is 5.32 Å². The number of nitrogens with two attached hydrogens (primary N) is 1. The molecular weight excluding hydrogens is 350 g/mol. The summed E-state index contributed by atoms with van der Waals surface area (Å²) < 4.78 is 26.6. The van der Waals surface area contributed by atoms with Crippen molar-refractivity contribution in [3.63, 3.8) is 0 Å². The molecule has 2 aromatic carbocycles. The normalized spacial score (nSPS) is 12.5. The van der Waals surface area contributed by atoms with E-state index in [1.54, 1.807) is 48.5 Å². The topological polar surface area (TPSA) is 92.5 Å². The molecule has 0 aliphatic heterocycles. The number of nitrogens with zero attached hydrogens (tertiary/aromatic N) is 1. The average Bonchev–Trinajstić information content (AvgIpc) is 2.61. The molecule has 0 spiro atoms. The van der Waals surface area contributed by atoms with Gasteiger partial charge in [-0.25, -0.2) is 8.42 Å². The molecule has 0 bridgehead atoms. The number of hydrogen-bond acceptors (Lipinski definition) is 4. The third-order valence-corrected chi connectivity index (χ3v) is 5.86. The van der Waals surface area contributed by atoms with Crippen LogP contribution in [0.1, 0.15) is 29.3 Å². The summed E-state index contributed by atoms with van der Waals surface area (Å²) in [5.41, 5.74) is 7.60. The number of benzene rings is 2. The van der Waals surface area contributed by atoms with E-state index in [2.05, 4.69) is 5.32 Å². The zero-order valence-electron chi connectivity index (χ0n) is 15.3. The van der Waals surface area contributed by atoms with Gasteiger partial charge in [0.15, 0.2) is 0 Å². The lowest BCUT2D eigenvalue weighted by atomic mass is 10.2. The molecule has 1 atom stereocenters. The van der Waals surface area contributed by atoms with E-state index in [9.17, 15) is 13.2 Å². The molecule has 2 aromatic rings. The Hall–Kier alpha value is -2.38. The van der Waals surface area contributed by atoms with E-state index >= 15 is 0 Å². The molecule has 0 aromatic heterocycles. The maximum Gasteiger partial charge on any atom is 0.264 e. The van der Waals surface area contributed by atoms with Crippen LogP contribution in [0.25, 0.3) is 0 Å². The van der Waals surface area contributed by atoms with Gasteiger partial charge in [0.2, 0.25) is 0 Å². The van der Waals surface area contributed by atoms with E-state index < -0.39 is 10.0 Å². The second-order valence-electron chi connectivity index (χ2n) is 6.35. The van der Waals surface area contributed by atoms with E-state index in [0.717, 1.165) is 5.56 Å². The summed E-state index contributed by atoms with van der Waals surface area (Å²) in [6.07, 6.45) is 0.696. The first-order valence-corrected chi connectivity index (χ1v) is 9.85. The molecule has 0 radical (unpaired) electrons. The molecule has 6 nitrogen and oxygen atoms in total. The number of sulfonamides is 1. The number of rotatable bonds is 7. The molecule has 7 heteroatoms. The summed E-state index contributed by atoms with van der Waals surface area (Å²) >= 11 is 0. The highest BCUT2D eigenvalue weighted by atomic mass is 32.2. The van der Waals surface area contributed by atoms with Gasteiger partial charge >= 0.3 is 0 Å². The largest absolute Gasteiger partial charge is 0.352 e. The summed E-state index contributed by atoms with van der Waals surface area (Å²) in [5, 5.41) is 2.79. The van der Waals surface area contributed by atoms with Crippen LogP contribution >= 0.6 is 0 Å². The van der Waals surface area contributed by atoms with Crippen molar-refractivity contribution in [2.24, 2.45) is 5.73 Å². The van der Waals surface area contributed by atoms with Crippen LogP contribution in [0.2, 0.25) is 0 Å². The standard InChI is InChI=1S/C19H25N3O3S/c1-14-4-10-18(11-5-14)26(24,25)22(3)17-8-6-16(7-9-17)19(23)21-13-12-15(2)20/h4-11,15H,12-13,20H2,1-3H3,(H,21,23). The zero-order valence-corrected chi connectivity index (χ0v) is 16.1. The fourth-order valence-corrected chi connectivity index (χ4v) is 3.54. The Bertz CT molecular complexity index is 845. The predicted molar refractivity (Wildman–Crippen MR) is 104 cm³/mol. The Morgan fingerprint density at radius 2 is 1.69 bits per heavy atom. The maximum absolute atomic E-state index is 12.7. The molecule has 1 unspecified atom stereocenters. The zero-order chi connectivity index (χ0) is 19.3. The van der Waals surface area contributed by atoms with Crippen molar-refractivity contribution in [2.45, 2.75) is 31.2 Å². The summed E-state index contributed by atoms with van der Waals surface area (Å²) in [7, 11) is -2.15. The van der Waals surface area contributed by atoms with E-state index in [-0.39, 0.29) is 16.8 Å². The van der Waals surface area contributed by atoms with Crippen LogP contribution in [-0.4, -0.2) is 34.0 Å². The third-order valence-electron chi connectivity index (χ3n) is 4.06. The van der Waals surface area contributed by atoms with Crippen LogP contribution in [0.5, 0.6) is 0 Å². The maximum atomic E-state index is 12.7. The fourth-order valence-electron chi connectivity index (χ4n) is 2.35. The minimum absolute atomic E-state index is 0.0262. The summed E-state index contributed by atoms with van der Waals surface area (Å²) in [4.78, 5) is 12.3. The Balaban J connectivity index is 2.11. The third kappa shape index (κ3) is 4.83. The number of carbonyl (C=O) groups excluding carboxylic acids is 1. The molecule has 0 heterocycles. The van der Waals surface area contributed by atoms with Gasteiger partial charge in [-0.05, 0) is 56.7 Å². The predicted octanol–water partition coefficient (Wildman–Crippen LogP) is 2.29. The average molecular weight is 375 g/mol. The number of aryl methyl sites for hydroxylation is 1. The van der Waals surface area contributed by atoms with Crippen molar-refractivity contribution < 1.29 is 13.2 Å². The van der Waals surface area contributed by atoms with Crippen LogP contribution in [0, 0.1) is 6.92 Å². The molecule has 0 saturated carbocycles. The van der Waals surface area contributed by atoms with Gasteiger partial charge in [-0.3, -0.25) is 9.10 Å². The highest BCUT2D eigenvalue weighted by molar-refractivity contribution is 7.92. The van der Waals surface area contributed by atoms with E-state index in [4.69, 9.17) is 5.73 Å². The number of amides is 1. The van der Waals surface area contributed by atoms with Crippen molar-refractivity contribution in [1.29, 1.82) is 0 Å². The first-order valence-electron chi connectivity index (χ1n) is 8.41. The Kier molecular flexibility index (Phi) is 6.39. The van der Waals surface area contributed by atoms with Crippen molar-refractivity contribution in [3.8, 4) is 0 Å². The number of nitrogens with one attached hydrogen (secondary N) is 1. The van der Waals surface area contributed by atoms with Crippen molar-refractivity contribution in [3.05, 3.63) is 59.7 Å². The number of carbonyl (C=O) groups is 1. The van der Waals surface area contributed by atoms with Crippen molar-refractivity contribution >= 4 is 21.6 Å². The van der Waals surface area contributed by atoms with Gasteiger partial charge in [-0.15, -0.1) is 0 Å². The molecule has 26 heavy (non-hydrogen) atoms. The van der Waals surface area contributed by atoms with Gasteiger partial charge in [0, 0.05) is 25.2 Å². The molecule has 0 aliphatic rings. The SMILES string of the molecule is Cc1ccc(S(=O)(=O)N(C)c2ccc(C(=O)NCCC(C)N)cc2)cc1. The molecular formula is C19H25N3O3S. The monoisotopic (exact) mass is 375 g/mol. The summed E-state index contributed by atoms with van der Waals surface area (Å²) in [5.74, 6) is -0.207. The summed E-state index contributed by atoms with van der Waals surface area (Å²) in [6, 6.07) is 13.2. The van der Waals surface area contributed by atoms with Gasteiger partial charge < -0.3 is 11.1 Å². The quantitative estimate of drug-likeness (QED) is 0.776. The fraction of sp³-hybridized carbons (Fsp3) is 0.316. The molecule has 2 rings (SSSR count). The molecule has 0 aliphatic carbocycles. The highest BCUT2D eigenvalue weighted by Gasteiger charge is 2.21. The van der Waals surface area contributed by atoms with Gasteiger partial charge in [0.05, 0.1) is 10.6 Å². The van der Waals surface area contributed by atoms with Crippen LogP contribution < -0.4 is 15.4 Å². The van der Waals surface area contributed by atoms with E-state index in [1.807, 2.05) is 13.8 Å². The van der Waals surface area contributed by atoms with Crippen LogP contribution in [0.4, 0.5) is 5.69 Å². The van der Waals surface area contributed by atoms with Gasteiger partial charge in [0.1, 0.15) is 0 Å². The van der Waals surface area contributed by atoms with Crippen LogP contribution in [0.3, 0.4) is 0 Å². The molecule has 0 fully saturated rings. The number of anilines is 1. The van der Waals surface area contributed by atoms with Gasteiger partial charge in [0.25, 0.3) is 15.9 Å². The molecule has 1 amide bonds. The van der Waals surface area contributed by atoms with E-state index in [0.29, 0.717) is 24.2 Å². The number of hydrogen-bond donors (Lipinski definition) is 2. The minimum atomic E-state index is -3.65. The first-order chi connectivity index (χ1) is 12.2. The molecule has 3 N–H and O–H groups in total. The molecule has 0 saturated heterocycles.